The van der Waals surface area contributed by atoms with Crippen molar-refractivity contribution in [2.75, 3.05) is 4.90 Å². The van der Waals surface area contributed by atoms with E-state index in [9.17, 15) is 10.2 Å². The second kappa shape index (κ2) is 14.5. The summed E-state index contributed by atoms with van der Waals surface area (Å²) in [4.78, 5) is 2.35. The van der Waals surface area contributed by atoms with Crippen LogP contribution in [0.1, 0.15) is 86.6 Å². The Morgan fingerprint density at radius 3 is 1.76 bits per heavy atom. The monoisotopic (exact) mass is 597 g/mol. The standard InChI is InChI=1S/C42H47NO2/c1-5-33-11-9-12-39(30-33)43(37-21-13-31(2)14-22-37)38-23-15-34(16-24-38)32(3)10-7-6-8-29-42(4,35-17-25-40(44)26-18-35)36-19-27-41(45)28-20-36/h9,11-28,30,32,44-45H,5-8,10,29H2,1-4H3. The minimum atomic E-state index is -0.192. The molecule has 5 rings (SSSR count). The second-order valence-corrected chi connectivity index (χ2v) is 12.7. The Bertz CT molecular complexity index is 1590. The summed E-state index contributed by atoms with van der Waals surface area (Å²) in [6, 6.07) is 41.9. The Kier molecular flexibility index (Phi) is 10.3. The van der Waals surface area contributed by atoms with Crippen molar-refractivity contribution in [2.24, 2.45) is 0 Å². The maximum Gasteiger partial charge on any atom is 0.115 e. The largest absolute Gasteiger partial charge is 0.508 e. The molecule has 0 amide bonds. The molecule has 0 spiro atoms. The highest BCUT2D eigenvalue weighted by atomic mass is 16.3. The van der Waals surface area contributed by atoms with Gasteiger partial charge in [0.15, 0.2) is 0 Å². The van der Waals surface area contributed by atoms with Crippen molar-refractivity contribution < 1.29 is 10.2 Å². The van der Waals surface area contributed by atoms with Crippen LogP contribution in [0, 0.1) is 6.92 Å². The van der Waals surface area contributed by atoms with Crippen molar-refractivity contribution in [3.8, 4) is 11.5 Å². The first-order valence-corrected chi connectivity index (χ1v) is 16.4. The molecule has 1 unspecified atom stereocenters. The Morgan fingerprint density at radius 1 is 0.644 bits per heavy atom. The van der Waals surface area contributed by atoms with Gasteiger partial charge in [0.2, 0.25) is 0 Å². The number of benzene rings is 5. The molecule has 1 atom stereocenters. The fourth-order valence-electron chi connectivity index (χ4n) is 6.39. The SMILES string of the molecule is CCc1cccc(N(c2ccc(C)cc2)c2ccc(C(C)CCCCCC(C)(c3ccc(O)cc3)c3ccc(O)cc3)cc2)c1. The molecule has 0 aliphatic carbocycles. The molecule has 0 bridgehead atoms. The highest BCUT2D eigenvalue weighted by molar-refractivity contribution is 5.77. The molecule has 232 valence electrons. The van der Waals surface area contributed by atoms with Gasteiger partial charge in [-0.1, -0.05) is 106 Å². The van der Waals surface area contributed by atoms with E-state index in [0.29, 0.717) is 5.92 Å². The lowest BCUT2D eigenvalue weighted by molar-refractivity contribution is 0.459. The third-order valence-corrected chi connectivity index (χ3v) is 9.41. The lowest BCUT2D eigenvalue weighted by atomic mass is 9.72. The first-order chi connectivity index (χ1) is 21.8. The maximum atomic E-state index is 9.86. The van der Waals surface area contributed by atoms with Gasteiger partial charge in [-0.25, -0.2) is 0 Å². The van der Waals surface area contributed by atoms with E-state index in [0.717, 1.165) is 32.1 Å². The highest BCUT2D eigenvalue weighted by Gasteiger charge is 2.28. The molecule has 0 aromatic heterocycles. The summed E-state index contributed by atoms with van der Waals surface area (Å²) in [5, 5.41) is 19.7. The Morgan fingerprint density at radius 2 is 1.20 bits per heavy atom. The van der Waals surface area contributed by atoms with Gasteiger partial charge in [0.1, 0.15) is 11.5 Å². The Hall–Kier alpha value is -4.50. The third kappa shape index (κ3) is 7.78. The molecule has 2 N–H and O–H groups in total. The van der Waals surface area contributed by atoms with Crippen LogP contribution in [0.25, 0.3) is 0 Å². The van der Waals surface area contributed by atoms with E-state index in [2.05, 4.69) is 105 Å². The van der Waals surface area contributed by atoms with E-state index in [-0.39, 0.29) is 16.9 Å². The molecule has 5 aromatic carbocycles. The van der Waals surface area contributed by atoms with Gasteiger partial charge in [-0.15, -0.1) is 0 Å². The zero-order valence-corrected chi connectivity index (χ0v) is 27.2. The van der Waals surface area contributed by atoms with Crippen molar-refractivity contribution in [1.29, 1.82) is 0 Å². The summed E-state index contributed by atoms with van der Waals surface area (Å²) in [7, 11) is 0. The molecule has 3 nitrogen and oxygen atoms in total. The van der Waals surface area contributed by atoms with Crippen LogP contribution in [-0.4, -0.2) is 10.2 Å². The van der Waals surface area contributed by atoms with Crippen LogP contribution in [0.5, 0.6) is 11.5 Å². The van der Waals surface area contributed by atoms with Gasteiger partial charge in [-0.3, -0.25) is 0 Å². The molecule has 0 saturated heterocycles. The summed E-state index contributed by atoms with van der Waals surface area (Å²) in [6.45, 7) is 8.95. The van der Waals surface area contributed by atoms with Gasteiger partial charge in [0, 0.05) is 22.5 Å². The van der Waals surface area contributed by atoms with E-state index >= 15 is 0 Å². The van der Waals surface area contributed by atoms with Gasteiger partial charge >= 0.3 is 0 Å². The van der Waals surface area contributed by atoms with Gasteiger partial charge < -0.3 is 15.1 Å². The molecule has 3 heteroatoms. The number of aromatic hydroxyl groups is 2. The number of aryl methyl sites for hydroxylation is 2. The van der Waals surface area contributed by atoms with Gasteiger partial charge in [-0.2, -0.15) is 0 Å². The molecule has 0 aliphatic heterocycles. The van der Waals surface area contributed by atoms with Crippen molar-refractivity contribution in [3.63, 3.8) is 0 Å². The normalized spacial score (nSPS) is 12.2. The van der Waals surface area contributed by atoms with E-state index in [1.54, 1.807) is 24.3 Å². The summed E-state index contributed by atoms with van der Waals surface area (Å²) < 4.78 is 0. The number of phenolic OH excluding ortho intramolecular Hbond substituents is 2. The predicted molar refractivity (Wildman–Crippen MR) is 189 cm³/mol. The van der Waals surface area contributed by atoms with Crippen molar-refractivity contribution in [2.45, 2.75) is 77.6 Å². The quantitative estimate of drug-likeness (QED) is 0.133. The van der Waals surface area contributed by atoms with Crippen LogP contribution < -0.4 is 4.90 Å². The molecule has 0 fully saturated rings. The van der Waals surface area contributed by atoms with Crippen molar-refractivity contribution in [1.82, 2.24) is 0 Å². The zero-order chi connectivity index (χ0) is 31.8. The topological polar surface area (TPSA) is 43.7 Å². The first kappa shape index (κ1) is 31.9. The smallest absolute Gasteiger partial charge is 0.115 e. The van der Waals surface area contributed by atoms with Crippen LogP contribution in [0.15, 0.2) is 121 Å². The van der Waals surface area contributed by atoms with Crippen LogP contribution in [0.3, 0.4) is 0 Å². The maximum absolute atomic E-state index is 9.86. The highest BCUT2D eigenvalue weighted by Crippen LogP contribution is 2.39. The fourth-order valence-corrected chi connectivity index (χ4v) is 6.39. The molecule has 0 radical (unpaired) electrons. The van der Waals surface area contributed by atoms with E-state index in [1.165, 1.54) is 51.3 Å². The summed E-state index contributed by atoms with van der Waals surface area (Å²) in [5.41, 5.74) is 9.67. The molecule has 0 aliphatic rings. The van der Waals surface area contributed by atoms with Crippen molar-refractivity contribution >= 4 is 17.1 Å². The number of hydrogen-bond donors (Lipinski definition) is 2. The van der Waals surface area contributed by atoms with Crippen LogP contribution >= 0.6 is 0 Å². The zero-order valence-electron chi connectivity index (χ0n) is 27.2. The van der Waals surface area contributed by atoms with Crippen LogP contribution in [-0.2, 0) is 11.8 Å². The van der Waals surface area contributed by atoms with E-state index in [1.807, 2.05) is 24.3 Å². The van der Waals surface area contributed by atoms with Crippen LogP contribution in [0.2, 0.25) is 0 Å². The lowest BCUT2D eigenvalue weighted by Gasteiger charge is -2.31. The van der Waals surface area contributed by atoms with Crippen molar-refractivity contribution in [3.05, 3.63) is 149 Å². The summed E-state index contributed by atoms with van der Waals surface area (Å²) in [5.74, 6) is 1.04. The second-order valence-electron chi connectivity index (χ2n) is 12.7. The minimum absolute atomic E-state index is 0.192. The Labute approximate surface area is 269 Å². The molecule has 45 heavy (non-hydrogen) atoms. The van der Waals surface area contributed by atoms with E-state index in [4.69, 9.17) is 0 Å². The number of rotatable bonds is 13. The average molecular weight is 598 g/mol. The van der Waals surface area contributed by atoms with Gasteiger partial charge in [0.05, 0.1) is 0 Å². The van der Waals surface area contributed by atoms with Gasteiger partial charge in [-0.05, 0) is 115 Å². The number of phenols is 2. The average Bonchev–Trinajstić information content (AvgIpc) is 3.06. The minimum Gasteiger partial charge on any atom is -0.508 e. The molecule has 0 saturated carbocycles. The predicted octanol–water partition coefficient (Wildman–Crippen LogP) is 11.5. The van der Waals surface area contributed by atoms with Gasteiger partial charge in [0.25, 0.3) is 0 Å². The number of anilines is 3. The molecule has 5 aromatic rings. The molecular formula is C42H47NO2. The number of hydrogen-bond acceptors (Lipinski definition) is 3. The third-order valence-electron chi connectivity index (χ3n) is 9.41. The fraction of sp³-hybridized carbons (Fsp3) is 0.286. The van der Waals surface area contributed by atoms with Crippen LogP contribution in [0.4, 0.5) is 17.1 Å². The summed E-state index contributed by atoms with van der Waals surface area (Å²) in [6.07, 6.45) is 6.59. The summed E-state index contributed by atoms with van der Waals surface area (Å²) >= 11 is 0. The number of unbranched alkanes of at least 4 members (excludes halogenated alkanes) is 2. The van der Waals surface area contributed by atoms with E-state index < -0.39 is 0 Å². The number of nitrogens with zero attached hydrogens (tertiary/aromatic N) is 1. The molecule has 0 heterocycles. The Balaban J connectivity index is 1.23. The lowest BCUT2D eigenvalue weighted by Crippen LogP contribution is -2.23. The molecular weight excluding hydrogens is 550 g/mol. The first-order valence-electron chi connectivity index (χ1n) is 16.4.